The fraction of sp³-hybridized carbons (Fsp3) is 0.600. The molecule has 1 unspecified atom stereocenters. The first-order valence-electron chi connectivity index (χ1n) is 6.51. The van der Waals surface area contributed by atoms with Crippen molar-refractivity contribution < 1.29 is 4.39 Å². The molecule has 96 valence electrons. The minimum Gasteiger partial charge on any atom is -0.314 e. The molecule has 1 N–H and O–H groups in total. The Morgan fingerprint density at radius 2 is 2.00 bits per heavy atom. The first kappa shape index (κ1) is 14.2. The molecule has 0 aromatic heterocycles. The first-order valence-corrected chi connectivity index (χ1v) is 6.51. The van der Waals surface area contributed by atoms with Crippen LogP contribution < -0.4 is 5.32 Å². The average Bonchev–Trinajstić information content (AvgIpc) is 2.23. The molecule has 0 fully saturated rings. The van der Waals surface area contributed by atoms with Crippen LogP contribution in [-0.4, -0.2) is 12.6 Å². The lowest BCUT2D eigenvalue weighted by Crippen LogP contribution is -2.32. The lowest BCUT2D eigenvalue weighted by Gasteiger charge is -2.21. The van der Waals surface area contributed by atoms with Crippen LogP contribution in [0.5, 0.6) is 0 Å². The molecular formula is C15H24FN. The molecule has 0 bridgehead atoms. The molecule has 1 rings (SSSR count). The summed E-state index contributed by atoms with van der Waals surface area (Å²) in [7, 11) is 0. The van der Waals surface area contributed by atoms with Gasteiger partial charge in [0.1, 0.15) is 5.82 Å². The summed E-state index contributed by atoms with van der Waals surface area (Å²) >= 11 is 0. The smallest absolute Gasteiger partial charge is 0.123 e. The van der Waals surface area contributed by atoms with Gasteiger partial charge in [-0.2, -0.15) is 0 Å². The van der Waals surface area contributed by atoms with Gasteiger partial charge in [-0.3, -0.25) is 0 Å². The van der Waals surface area contributed by atoms with E-state index in [0.29, 0.717) is 12.0 Å². The third-order valence-electron chi connectivity index (χ3n) is 3.03. The van der Waals surface area contributed by atoms with Gasteiger partial charge in [-0.25, -0.2) is 4.39 Å². The van der Waals surface area contributed by atoms with Gasteiger partial charge < -0.3 is 5.32 Å². The van der Waals surface area contributed by atoms with Crippen molar-refractivity contribution >= 4 is 0 Å². The summed E-state index contributed by atoms with van der Waals surface area (Å²) in [4.78, 5) is 0. The van der Waals surface area contributed by atoms with Crippen molar-refractivity contribution in [1.29, 1.82) is 0 Å². The van der Waals surface area contributed by atoms with Crippen molar-refractivity contribution in [3.05, 3.63) is 35.1 Å². The molecule has 0 amide bonds. The second-order valence-electron chi connectivity index (χ2n) is 5.16. The van der Waals surface area contributed by atoms with Crippen molar-refractivity contribution in [3.63, 3.8) is 0 Å². The number of hydrogen-bond acceptors (Lipinski definition) is 1. The van der Waals surface area contributed by atoms with E-state index in [1.54, 1.807) is 6.07 Å². The maximum Gasteiger partial charge on any atom is 0.123 e. The van der Waals surface area contributed by atoms with Crippen molar-refractivity contribution in [1.82, 2.24) is 5.32 Å². The summed E-state index contributed by atoms with van der Waals surface area (Å²) < 4.78 is 13.2. The second-order valence-corrected chi connectivity index (χ2v) is 5.16. The number of nitrogens with one attached hydrogen (secondary N) is 1. The Hall–Kier alpha value is -0.890. The standard InChI is InChI=1S/C15H24FN/c1-5-17-15(8-11(2)3)10-13-9-14(16)7-6-12(13)4/h6-7,9,11,15,17H,5,8,10H2,1-4H3. The summed E-state index contributed by atoms with van der Waals surface area (Å²) in [5, 5.41) is 3.49. The van der Waals surface area contributed by atoms with Gasteiger partial charge in [0.25, 0.3) is 0 Å². The highest BCUT2D eigenvalue weighted by atomic mass is 19.1. The van der Waals surface area contributed by atoms with E-state index in [4.69, 9.17) is 0 Å². The van der Waals surface area contributed by atoms with Gasteiger partial charge in [-0.05, 0) is 55.5 Å². The van der Waals surface area contributed by atoms with Gasteiger partial charge in [0.15, 0.2) is 0 Å². The Morgan fingerprint density at radius 1 is 1.29 bits per heavy atom. The van der Waals surface area contributed by atoms with E-state index in [-0.39, 0.29) is 5.82 Å². The van der Waals surface area contributed by atoms with Crippen molar-refractivity contribution in [3.8, 4) is 0 Å². The van der Waals surface area contributed by atoms with E-state index in [0.717, 1.165) is 24.9 Å². The normalized spacial score (nSPS) is 13.1. The predicted molar refractivity (Wildman–Crippen MR) is 71.8 cm³/mol. The fourth-order valence-electron chi connectivity index (χ4n) is 2.22. The van der Waals surface area contributed by atoms with E-state index >= 15 is 0 Å². The Bertz CT molecular complexity index is 347. The van der Waals surface area contributed by atoms with Crippen LogP contribution in [0.1, 0.15) is 38.3 Å². The van der Waals surface area contributed by atoms with E-state index in [1.807, 2.05) is 13.0 Å². The molecule has 0 spiro atoms. The number of rotatable bonds is 6. The summed E-state index contributed by atoms with van der Waals surface area (Å²) in [5.41, 5.74) is 2.30. The number of aryl methyl sites for hydroxylation is 1. The number of hydrogen-bond donors (Lipinski definition) is 1. The lowest BCUT2D eigenvalue weighted by molar-refractivity contribution is 0.423. The zero-order valence-corrected chi connectivity index (χ0v) is 11.4. The first-order chi connectivity index (χ1) is 8.02. The minimum absolute atomic E-state index is 0.134. The van der Waals surface area contributed by atoms with Crippen LogP contribution in [-0.2, 0) is 6.42 Å². The van der Waals surface area contributed by atoms with Gasteiger partial charge in [-0.1, -0.05) is 26.8 Å². The number of halogens is 1. The van der Waals surface area contributed by atoms with Gasteiger partial charge in [0, 0.05) is 6.04 Å². The van der Waals surface area contributed by atoms with E-state index < -0.39 is 0 Å². The fourth-order valence-corrected chi connectivity index (χ4v) is 2.22. The SMILES string of the molecule is CCNC(Cc1cc(F)ccc1C)CC(C)C. The molecule has 17 heavy (non-hydrogen) atoms. The summed E-state index contributed by atoms with van der Waals surface area (Å²) in [6.45, 7) is 9.58. The summed E-state index contributed by atoms with van der Waals surface area (Å²) in [6.07, 6.45) is 2.04. The molecule has 1 aromatic carbocycles. The Balaban J connectivity index is 2.74. The molecule has 0 saturated carbocycles. The van der Waals surface area contributed by atoms with Gasteiger partial charge in [-0.15, -0.1) is 0 Å². The molecular weight excluding hydrogens is 213 g/mol. The van der Waals surface area contributed by atoms with Crippen LogP contribution in [0.3, 0.4) is 0 Å². The van der Waals surface area contributed by atoms with Gasteiger partial charge in [0.05, 0.1) is 0 Å². The molecule has 0 heterocycles. The minimum atomic E-state index is -0.134. The molecule has 0 radical (unpaired) electrons. The third-order valence-corrected chi connectivity index (χ3v) is 3.03. The van der Waals surface area contributed by atoms with Crippen LogP contribution in [0, 0.1) is 18.7 Å². The molecule has 0 aliphatic heterocycles. The molecule has 0 aliphatic rings. The summed E-state index contributed by atoms with van der Waals surface area (Å²) in [6, 6.07) is 5.51. The molecule has 1 aromatic rings. The second kappa shape index (κ2) is 6.75. The molecule has 0 aliphatic carbocycles. The number of benzene rings is 1. The van der Waals surface area contributed by atoms with Crippen molar-refractivity contribution in [2.75, 3.05) is 6.54 Å². The van der Waals surface area contributed by atoms with E-state index in [2.05, 4.69) is 26.1 Å². The Labute approximate surface area is 104 Å². The number of likely N-dealkylation sites (N-methyl/N-ethyl adjacent to an activating group) is 1. The van der Waals surface area contributed by atoms with E-state index in [1.165, 1.54) is 11.6 Å². The van der Waals surface area contributed by atoms with Crippen molar-refractivity contribution in [2.45, 2.75) is 46.6 Å². The van der Waals surface area contributed by atoms with Gasteiger partial charge >= 0.3 is 0 Å². The maximum atomic E-state index is 13.2. The van der Waals surface area contributed by atoms with Crippen LogP contribution in [0.4, 0.5) is 4.39 Å². The van der Waals surface area contributed by atoms with Gasteiger partial charge in [0.2, 0.25) is 0 Å². The van der Waals surface area contributed by atoms with E-state index in [9.17, 15) is 4.39 Å². The summed E-state index contributed by atoms with van der Waals surface area (Å²) in [5.74, 6) is 0.526. The maximum absolute atomic E-state index is 13.2. The average molecular weight is 237 g/mol. The Morgan fingerprint density at radius 3 is 2.59 bits per heavy atom. The molecule has 1 atom stereocenters. The van der Waals surface area contributed by atoms with Crippen LogP contribution in [0.2, 0.25) is 0 Å². The zero-order chi connectivity index (χ0) is 12.8. The van der Waals surface area contributed by atoms with Crippen LogP contribution in [0.15, 0.2) is 18.2 Å². The third kappa shape index (κ3) is 4.86. The molecule has 0 saturated heterocycles. The topological polar surface area (TPSA) is 12.0 Å². The highest BCUT2D eigenvalue weighted by Gasteiger charge is 2.12. The molecule has 1 nitrogen and oxygen atoms in total. The van der Waals surface area contributed by atoms with Crippen LogP contribution >= 0.6 is 0 Å². The van der Waals surface area contributed by atoms with Crippen LogP contribution in [0.25, 0.3) is 0 Å². The highest BCUT2D eigenvalue weighted by molar-refractivity contribution is 5.27. The highest BCUT2D eigenvalue weighted by Crippen LogP contribution is 2.16. The monoisotopic (exact) mass is 237 g/mol. The van der Waals surface area contributed by atoms with Crippen molar-refractivity contribution in [2.24, 2.45) is 5.92 Å². The zero-order valence-electron chi connectivity index (χ0n) is 11.4. The Kier molecular flexibility index (Phi) is 5.63. The molecule has 2 heteroatoms. The lowest BCUT2D eigenvalue weighted by atomic mass is 9.95. The largest absolute Gasteiger partial charge is 0.314 e. The predicted octanol–water partition coefficient (Wildman–Crippen LogP) is 3.70. The quantitative estimate of drug-likeness (QED) is 0.795.